The van der Waals surface area contributed by atoms with E-state index >= 15 is 4.39 Å². The fourth-order valence-electron chi connectivity index (χ4n) is 6.88. The Kier molecular flexibility index (Phi) is 10.0. The van der Waals surface area contributed by atoms with Crippen LogP contribution in [0.4, 0.5) is 4.39 Å². The summed E-state index contributed by atoms with van der Waals surface area (Å²) < 4.78 is 33.8. The second kappa shape index (κ2) is 14.8. The van der Waals surface area contributed by atoms with Crippen LogP contribution in [0.1, 0.15) is 37.1 Å². The molecular weight excluding hydrogens is 677 g/mol. The number of ether oxygens (including phenoxy) is 3. The maximum absolute atomic E-state index is 16.4. The first kappa shape index (κ1) is 34.6. The molecule has 7 rings (SSSR count). The molecular formula is C37H39ClFN7O5. The normalized spacial score (nSPS) is 18.7. The average Bonchev–Trinajstić information content (AvgIpc) is 3.76. The number of fused-ring (bicyclic) bond motifs is 1. The van der Waals surface area contributed by atoms with E-state index in [4.69, 9.17) is 30.8 Å². The Morgan fingerprint density at radius 2 is 1.73 bits per heavy atom. The lowest BCUT2D eigenvalue weighted by Crippen LogP contribution is -2.47. The van der Waals surface area contributed by atoms with Crippen LogP contribution in [0.2, 0.25) is 5.02 Å². The predicted octanol–water partition coefficient (Wildman–Crippen LogP) is 4.65. The van der Waals surface area contributed by atoms with Gasteiger partial charge >= 0.3 is 0 Å². The molecule has 2 aromatic carbocycles. The molecule has 0 unspecified atom stereocenters. The van der Waals surface area contributed by atoms with E-state index in [-0.39, 0.29) is 29.5 Å². The van der Waals surface area contributed by atoms with Crippen molar-refractivity contribution in [2.24, 2.45) is 0 Å². The van der Waals surface area contributed by atoms with Gasteiger partial charge in [0.2, 0.25) is 23.6 Å². The summed E-state index contributed by atoms with van der Waals surface area (Å²) >= 11 is 7.04. The van der Waals surface area contributed by atoms with Gasteiger partial charge in [-0.1, -0.05) is 41.9 Å². The Balaban J connectivity index is 1.14. The smallest absolute Gasteiger partial charge is 0.237 e. The van der Waals surface area contributed by atoms with Gasteiger partial charge in [-0.15, -0.1) is 0 Å². The molecule has 2 saturated heterocycles. The van der Waals surface area contributed by atoms with Crippen LogP contribution in [0.15, 0.2) is 48.7 Å². The fourth-order valence-corrected chi connectivity index (χ4v) is 7.21. The van der Waals surface area contributed by atoms with Crippen molar-refractivity contribution in [1.82, 2.24) is 35.4 Å². The Hall–Kier alpha value is -4.85. The molecule has 2 fully saturated rings. The van der Waals surface area contributed by atoms with Crippen LogP contribution in [-0.4, -0.2) is 96.2 Å². The van der Waals surface area contributed by atoms with Gasteiger partial charge in [-0.3, -0.25) is 19.5 Å². The van der Waals surface area contributed by atoms with Crippen molar-refractivity contribution in [3.8, 4) is 51.2 Å². The van der Waals surface area contributed by atoms with Crippen molar-refractivity contribution in [2.45, 2.75) is 38.4 Å². The van der Waals surface area contributed by atoms with Crippen LogP contribution >= 0.6 is 11.6 Å². The van der Waals surface area contributed by atoms with E-state index in [1.807, 2.05) is 17.0 Å². The summed E-state index contributed by atoms with van der Waals surface area (Å²) in [5, 5.41) is 6.77. The van der Waals surface area contributed by atoms with Crippen LogP contribution < -0.4 is 24.8 Å². The highest BCUT2D eigenvalue weighted by Crippen LogP contribution is 2.44. The number of carbonyl (C=O) groups excluding carboxylic acids is 2. The third-order valence-corrected chi connectivity index (χ3v) is 10.1. The van der Waals surface area contributed by atoms with Gasteiger partial charge < -0.3 is 29.7 Å². The lowest BCUT2D eigenvalue weighted by Gasteiger charge is -2.34. The van der Waals surface area contributed by atoms with Gasteiger partial charge in [0.15, 0.2) is 0 Å². The Labute approximate surface area is 300 Å². The second-order valence-electron chi connectivity index (χ2n) is 12.8. The van der Waals surface area contributed by atoms with Crippen LogP contribution in [0, 0.1) is 5.82 Å². The van der Waals surface area contributed by atoms with E-state index < -0.39 is 5.82 Å². The Morgan fingerprint density at radius 1 is 1.02 bits per heavy atom. The summed E-state index contributed by atoms with van der Waals surface area (Å²) in [5.74, 6) is 0.963. The summed E-state index contributed by atoms with van der Waals surface area (Å²) in [6, 6.07) is 12.2. The van der Waals surface area contributed by atoms with E-state index in [1.54, 1.807) is 50.6 Å². The van der Waals surface area contributed by atoms with Gasteiger partial charge in [-0.25, -0.2) is 14.4 Å². The van der Waals surface area contributed by atoms with Crippen molar-refractivity contribution in [1.29, 1.82) is 0 Å². The highest BCUT2D eigenvalue weighted by atomic mass is 35.5. The lowest BCUT2D eigenvalue weighted by atomic mass is 9.97. The molecule has 2 N–H and O–H groups in total. The second-order valence-corrected chi connectivity index (χ2v) is 13.2. The number of aromatic nitrogens is 3. The number of methoxy groups -OCH3 is 2. The SMILES string of the molecule is COc1nc(-c2cccc(-c3cccc(-c4cc5c(c(OC)n4)[C@@H](NC[C@@H]4CCC(=O)N4)CO5)c3Cl)c2F)cnc1CN1CCN(C(C)=O)CC1. The zero-order chi connectivity index (χ0) is 35.6. The van der Waals surface area contributed by atoms with Crippen molar-refractivity contribution in [3.63, 3.8) is 0 Å². The van der Waals surface area contributed by atoms with E-state index in [9.17, 15) is 9.59 Å². The zero-order valence-corrected chi connectivity index (χ0v) is 29.4. The van der Waals surface area contributed by atoms with Crippen LogP contribution in [0.5, 0.6) is 17.5 Å². The van der Waals surface area contributed by atoms with E-state index in [1.165, 1.54) is 7.11 Å². The topological polar surface area (TPSA) is 131 Å². The van der Waals surface area contributed by atoms with E-state index in [0.29, 0.717) is 109 Å². The van der Waals surface area contributed by atoms with Gasteiger partial charge in [0, 0.05) is 87.0 Å². The molecule has 3 aliphatic rings. The molecule has 5 heterocycles. The number of hydrogen-bond acceptors (Lipinski definition) is 10. The van der Waals surface area contributed by atoms with Crippen molar-refractivity contribution >= 4 is 23.4 Å². The minimum absolute atomic E-state index is 0.0661. The standard InChI is InChI=1S/C37H39ClFN7O5/c1-21(47)46-14-12-45(13-15-46)19-29-36(49-2)44-28(18-41-29)26-9-5-7-24(35(26)39)23-6-4-8-25(34(23)38)27-16-31-33(37(43-27)50-3)30(20-51-31)40-17-22-10-11-32(48)42-22/h4-9,16,18,22,30,40H,10-15,17,19-20H2,1-3H3,(H,42,48)/t22-,30-/m0/s1. The summed E-state index contributed by atoms with van der Waals surface area (Å²) in [7, 11) is 3.07. The number of nitrogens with zero attached hydrogens (tertiary/aromatic N) is 5. The van der Waals surface area contributed by atoms with E-state index in [0.717, 1.165) is 12.0 Å². The van der Waals surface area contributed by atoms with Gasteiger partial charge in [-0.2, -0.15) is 0 Å². The number of nitrogens with one attached hydrogen (secondary N) is 2. The Morgan fingerprint density at radius 3 is 2.43 bits per heavy atom. The maximum atomic E-state index is 16.4. The number of benzene rings is 2. The first-order chi connectivity index (χ1) is 24.7. The number of halogens is 2. The predicted molar refractivity (Wildman–Crippen MR) is 189 cm³/mol. The van der Waals surface area contributed by atoms with Crippen LogP contribution in [-0.2, 0) is 16.1 Å². The third-order valence-electron chi connectivity index (χ3n) is 9.66. The quantitative estimate of drug-likeness (QED) is 0.239. The Bertz CT molecular complexity index is 1970. The molecule has 4 aromatic rings. The van der Waals surface area contributed by atoms with Gasteiger partial charge in [0.1, 0.15) is 23.9 Å². The molecule has 266 valence electrons. The molecule has 2 atom stereocenters. The summed E-state index contributed by atoms with van der Waals surface area (Å²) in [4.78, 5) is 41.4. The van der Waals surface area contributed by atoms with Crippen molar-refractivity contribution < 1.29 is 28.2 Å². The lowest BCUT2D eigenvalue weighted by molar-refractivity contribution is -0.130. The number of pyridine rings is 1. The number of amides is 2. The number of hydrogen-bond donors (Lipinski definition) is 2. The van der Waals surface area contributed by atoms with Gasteiger partial charge in [0.05, 0.1) is 48.4 Å². The summed E-state index contributed by atoms with van der Waals surface area (Å²) in [6.07, 6.45) is 2.87. The summed E-state index contributed by atoms with van der Waals surface area (Å²) in [6.45, 7) is 5.79. The molecule has 2 aromatic heterocycles. The summed E-state index contributed by atoms with van der Waals surface area (Å²) in [5.41, 5.74) is 3.89. The molecule has 0 bridgehead atoms. The molecule has 2 amide bonds. The zero-order valence-electron chi connectivity index (χ0n) is 28.7. The van der Waals surface area contributed by atoms with Gasteiger partial charge in [-0.05, 0) is 12.5 Å². The third kappa shape index (κ3) is 7.06. The highest BCUT2D eigenvalue weighted by Gasteiger charge is 2.32. The first-order valence-corrected chi connectivity index (χ1v) is 17.3. The molecule has 3 aliphatic heterocycles. The fraction of sp³-hybridized carbons (Fsp3) is 0.378. The van der Waals surface area contributed by atoms with Gasteiger partial charge in [0.25, 0.3) is 0 Å². The minimum atomic E-state index is -0.504. The number of piperazine rings is 1. The molecule has 14 heteroatoms. The monoisotopic (exact) mass is 715 g/mol. The molecule has 0 spiro atoms. The maximum Gasteiger partial charge on any atom is 0.237 e. The number of carbonyl (C=O) groups is 2. The average molecular weight is 716 g/mol. The van der Waals surface area contributed by atoms with Crippen LogP contribution in [0.25, 0.3) is 33.6 Å². The highest BCUT2D eigenvalue weighted by molar-refractivity contribution is 6.36. The van der Waals surface area contributed by atoms with Crippen LogP contribution in [0.3, 0.4) is 0 Å². The molecule has 0 saturated carbocycles. The number of rotatable bonds is 10. The molecule has 12 nitrogen and oxygen atoms in total. The van der Waals surface area contributed by atoms with Crippen molar-refractivity contribution in [2.75, 3.05) is 53.6 Å². The van der Waals surface area contributed by atoms with Crippen molar-refractivity contribution in [3.05, 3.63) is 70.8 Å². The molecule has 0 radical (unpaired) electrons. The minimum Gasteiger partial charge on any atom is -0.491 e. The first-order valence-electron chi connectivity index (χ1n) is 16.9. The molecule has 51 heavy (non-hydrogen) atoms. The van der Waals surface area contributed by atoms with E-state index in [2.05, 4.69) is 25.5 Å². The molecule has 0 aliphatic carbocycles. The largest absolute Gasteiger partial charge is 0.491 e.